The molecule has 0 bridgehead atoms. The number of primary amides is 1. The molecule has 1 aromatic heterocycles. The second kappa shape index (κ2) is 3.93. The zero-order valence-corrected chi connectivity index (χ0v) is 9.44. The lowest BCUT2D eigenvalue weighted by atomic mass is 10.1. The molecule has 0 saturated carbocycles. The highest BCUT2D eigenvalue weighted by Gasteiger charge is 2.17. The first-order valence-corrected chi connectivity index (χ1v) is 4.96. The molecule has 0 radical (unpaired) electrons. The lowest BCUT2D eigenvalue weighted by molar-refractivity contribution is 0.0998. The number of ether oxygens (including phenoxy) is 1. The van der Waals surface area contributed by atoms with Crippen molar-refractivity contribution in [3.63, 3.8) is 0 Å². The number of hydrogen-bond acceptors (Lipinski definition) is 4. The van der Waals surface area contributed by atoms with Crippen LogP contribution in [0.2, 0.25) is 0 Å². The maximum absolute atomic E-state index is 11.4. The third-order valence-electron chi connectivity index (χ3n) is 2.55. The Morgan fingerprint density at radius 1 is 1.41 bits per heavy atom. The first kappa shape index (κ1) is 11.2. The summed E-state index contributed by atoms with van der Waals surface area (Å²) >= 11 is 0. The Balaban J connectivity index is 2.99. The molecule has 0 spiro atoms. The van der Waals surface area contributed by atoms with Crippen molar-refractivity contribution in [2.24, 2.45) is 5.73 Å². The summed E-state index contributed by atoms with van der Waals surface area (Å²) < 4.78 is 10.1. The molecule has 0 atom stereocenters. The van der Waals surface area contributed by atoms with Crippen molar-refractivity contribution in [2.45, 2.75) is 6.92 Å². The zero-order chi connectivity index (χ0) is 12.6. The van der Waals surface area contributed by atoms with E-state index in [1.807, 2.05) is 0 Å². The highest BCUT2D eigenvalue weighted by molar-refractivity contribution is 6.07. The molecule has 0 aliphatic heterocycles. The number of hydrogen-bond donors (Lipinski definition) is 1. The molecule has 0 aliphatic carbocycles. The van der Waals surface area contributed by atoms with Gasteiger partial charge in [0, 0.05) is 11.5 Å². The van der Waals surface area contributed by atoms with Crippen LogP contribution in [0.3, 0.4) is 0 Å². The smallest absolute Gasteiger partial charge is 0.336 e. The van der Waals surface area contributed by atoms with Gasteiger partial charge in [-0.15, -0.1) is 0 Å². The Bertz CT molecular complexity index is 657. The number of carbonyl (C=O) groups excluding carboxylic acids is 1. The molecule has 0 aliphatic rings. The Kier molecular flexibility index (Phi) is 2.59. The van der Waals surface area contributed by atoms with E-state index in [2.05, 4.69) is 0 Å². The number of carbonyl (C=O) groups is 1. The molecule has 5 heteroatoms. The normalized spacial score (nSPS) is 10.5. The summed E-state index contributed by atoms with van der Waals surface area (Å²) in [6.45, 7) is 1.76. The average molecular weight is 233 g/mol. The fourth-order valence-electron chi connectivity index (χ4n) is 1.77. The Morgan fingerprint density at radius 2 is 2.12 bits per heavy atom. The maximum atomic E-state index is 11.4. The van der Waals surface area contributed by atoms with E-state index in [9.17, 15) is 9.59 Å². The molecule has 0 saturated heterocycles. The highest BCUT2D eigenvalue weighted by atomic mass is 16.5. The molecule has 17 heavy (non-hydrogen) atoms. The standard InChI is InChI=1S/C12H11NO4/c1-6-5-9(14)17-11-7(6)3-4-8(16-2)10(11)12(13)15/h3-5H,1-2H3,(H2,13,15). The number of methoxy groups -OCH3 is 1. The van der Waals surface area contributed by atoms with Crippen LogP contribution in [-0.4, -0.2) is 13.0 Å². The van der Waals surface area contributed by atoms with Crippen molar-refractivity contribution in [1.82, 2.24) is 0 Å². The van der Waals surface area contributed by atoms with Crippen molar-refractivity contribution >= 4 is 16.9 Å². The van der Waals surface area contributed by atoms with E-state index in [0.717, 1.165) is 5.56 Å². The van der Waals surface area contributed by atoms with Gasteiger partial charge in [-0.25, -0.2) is 4.79 Å². The SMILES string of the molecule is COc1ccc2c(C)cc(=O)oc2c1C(N)=O. The monoisotopic (exact) mass is 233 g/mol. The molecule has 0 fully saturated rings. The van der Waals surface area contributed by atoms with Gasteiger partial charge in [-0.1, -0.05) is 0 Å². The lowest BCUT2D eigenvalue weighted by Crippen LogP contribution is -2.14. The van der Waals surface area contributed by atoms with Crippen LogP contribution >= 0.6 is 0 Å². The molecule has 5 nitrogen and oxygen atoms in total. The molecule has 1 aromatic carbocycles. The molecule has 0 unspecified atom stereocenters. The molecule has 88 valence electrons. The van der Waals surface area contributed by atoms with Gasteiger partial charge in [-0.05, 0) is 24.6 Å². The summed E-state index contributed by atoms with van der Waals surface area (Å²) in [5.74, 6) is -0.403. The van der Waals surface area contributed by atoms with Gasteiger partial charge in [0.25, 0.3) is 5.91 Å². The van der Waals surface area contributed by atoms with Crippen molar-refractivity contribution < 1.29 is 13.9 Å². The zero-order valence-electron chi connectivity index (χ0n) is 9.44. The molecule has 2 rings (SSSR count). The summed E-state index contributed by atoms with van der Waals surface area (Å²) in [6.07, 6.45) is 0. The first-order chi connectivity index (χ1) is 8.04. The predicted octanol–water partition coefficient (Wildman–Crippen LogP) is 1.21. The number of benzene rings is 1. The van der Waals surface area contributed by atoms with Crippen LogP contribution < -0.4 is 16.1 Å². The van der Waals surface area contributed by atoms with Gasteiger partial charge in [0.05, 0.1) is 7.11 Å². The van der Waals surface area contributed by atoms with E-state index in [0.29, 0.717) is 11.1 Å². The maximum Gasteiger partial charge on any atom is 0.336 e. The Hall–Kier alpha value is -2.30. The minimum absolute atomic E-state index is 0.0887. The minimum Gasteiger partial charge on any atom is -0.496 e. The second-order valence-electron chi connectivity index (χ2n) is 3.63. The van der Waals surface area contributed by atoms with Gasteiger partial charge in [0.1, 0.15) is 11.3 Å². The van der Waals surface area contributed by atoms with Gasteiger partial charge in [-0.3, -0.25) is 4.79 Å². The van der Waals surface area contributed by atoms with Crippen LogP contribution in [0.4, 0.5) is 0 Å². The topological polar surface area (TPSA) is 82.5 Å². The molecule has 2 aromatic rings. The molecular formula is C12H11NO4. The van der Waals surface area contributed by atoms with Gasteiger partial charge >= 0.3 is 5.63 Å². The third-order valence-corrected chi connectivity index (χ3v) is 2.55. The Labute approximate surface area is 96.8 Å². The van der Waals surface area contributed by atoms with E-state index in [-0.39, 0.29) is 11.1 Å². The van der Waals surface area contributed by atoms with Crippen molar-refractivity contribution in [1.29, 1.82) is 0 Å². The van der Waals surface area contributed by atoms with Crippen LogP contribution in [0.15, 0.2) is 27.4 Å². The Morgan fingerprint density at radius 3 is 2.71 bits per heavy atom. The second-order valence-corrected chi connectivity index (χ2v) is 3.63. The van der Waals surface area contributed by atoms with Gasteiger partial charge < -0.3 is 14.9 Å². The largest absolute Gasteiger partial charge is 0.496 e. The van der Waals surface area contributed by atoms with Crippen LogP contribution in [0, 0.1) is 6.92 Å². The number of rotatable bonds is 2. The van der Waals surface area contributed by atoms with Crippen molar-refractivity contribution in [3.8, 4) is 5.75 Å². The van der Waals surface area contributed by atoms with Crippen LogP contribution in [0.1, 0.15) is 15.9 Å². The summed E-state index contributed by atoms with van der Waals surface area (Å²) in [5, 5.41) is 0.666. The number of fused-ring (bicyclic) bond motifs is 1. The number of amides is 1. The third kappa shape index (κ3) is 1.75. The van der Waals surface area contributed by atoms with Gasteiger partial charge in [0.15, 0.2) is 5.58 Å². The summed E-state index contributed by atoms with van der Waals surface area (Å²) in [4.78, 5) is 22.7. The lowest BCUT2D eigenvalue weighted by Gasteiger charge is -2.08. The average Bonchev–Trinajstić information content (AvgIpc) is 2.26. The van der Waals surface area contributed by atoms with E-state index < -0.39 is 11.5 Å². The number of nitrogens with two attached hydrogens (primary N) is 1. The van der Waals surface area contributed by atoms with Crippen LogP contribution in [0.5, 0.6) is 5.75 Å². The highest BCUT2D eigenvalue weighted by Crippen LogP contribution is 2.28. The molecule has 1 heterocycles. The summed E-state index contributed by atoms with van der Waals surface area (Å²) in [7, 11) is 1.42. The van der Waals surface area contributed by atoms with Crippen LogP contribution in [-0.2, 0) is 0 Å². The van der Waals surface area contributed by atoms with E-state index >= 15 is 0 Å². The first-order valence-electron chi connectivity index (χ1n) is 4.96. The number of aryl methyl sites for hydroxylation is 1. The van der Waals surface area contributed by atoms with E-state index in [1.165, 1.54) is 13.2 Å². The molecule has 1 amide bonds. The minimum atomic E-state index is -0.693. The van der Waals surface area contributed by atoms with Crippen molar-refractivity contribution in [2.75, 3.05) is 7.11 Å². The fraction of sp³-hybridized carbons (Fsp3) is 0.167. The van der Waals surface area contributed by atoms with Crippen LogP contribution in [0.25, 0.3) is 11.0 Å². The van der Waals surface area contributed by atoms with E-state index in [1.54, 1.807) is 19.1 Å². The summed E-state index contributed by atoms with van der Waals surface area (Å²) in [6, 6.07) is 4.70. The van der Waals surface area contributed by atoms with E-state index in [4.69, 9.17) is 14.9 Å². The van der Waals surface area contributed by atoms with Crippen molar-refractivity contribution in [3.05, 3.63) is 39.7 Å². The van der Waals surface area contributed by atoms with Gasteiger partial charge in [0.2, 0.25) is 0 Å². The summed E-state index contributed by atoms with van der Waals surface area (Å²) in [5.41, 5.74) is 5.73. The quantitative estimate of drug-likeness (QED) is 0.790. The fourth-order valence-corrected chi connectivity index (χ4v) is 1.77. The molecular weight excluding hydrogens is 222 g/mol. The predicted molar refractivity (Wildman–Crippen MR) is 62.3 cm³/mol. The van der Waals surface area contributed by atoms with Gasteiger partial charge in [-0.2, -0.15) is 0 Å². The molecule has 2 N–H and O–H groups in total.